The van der Waals surface area contributed by atoms with Crippen molar-refractivity contribution in [2.24, 2.45) is 5.92 Å². The van der Waals surface area contributed by atoms with Crippen molar-refractivity contribution in [2.45, 2.75) is 82.3 Å². The molecule has 3 aromatic carbocycles. The first kappa shape index (κ1) is 39.2. The van der Waals surface area contributed by atoms with Crippen LogP contribution in [0.3, 0.4) is 0 Å². The molecule has 3 aromatic rings. The number of anilines is 1. The number of aliphatic hydroxyl groups excluding tert-OH is 1. The SMILES string of the molecule is COCCCN1CCOc2ccc(CO[C@H]3CN(S(=O)(=O)c4ccc(C)cc4)[C@H](CC(C)O)C[C@@H]3c3ccc(COC[C@@H](C)COC)cc3)cc21. The summed E-state index contributed by atoms with van der Waals surface area (Å²) in [7, 11) is -0.457. The van der Waals surface area contributed by atoms with Crippen LogP contribution in [0.1, 0.15) is 61.3 Å². The Labute approximate surface area is 304 Å². The van der Waals surface area contributed by atoms with Gasteiger partial charge in [0.05, 0.1) is 55.8 Å². The number of benzene rings is 3. The maximum atomic E-state index is 14.2. The zero-order valence-corrected chi connectivity index (χ0v) is 31.6. The first-order chi connectivity index (χ1) is 24.6. The van der Waals surface area contributed by atoms with Gasteiger partial charge in [0.15, 0.2) is 0 Å². The van der Waals surface area contributed by atoms with E-state index < -0.39 is 28.3 Å². The van der Waals surface area contributed by atoms with Gasteiger partial charge in [-0.1, -0.05) is 55.0 Å². The number of aliphatic hydroxyl groups is 1. The van der Waals surface area contributed by atoms with Crippen LogP contribution >= 0.6 is 0 Å². The lowest BCUT2D eigenvalue weighted by molar-refractivity contribution is -0.0254. The number of ether oxygens (including phenoxy) is 5. The van der Waals surface area contributed by atoms with Gasteiger partial charge in [0.25, 0.3) is 0 Å². The van der Waals surface area contributed by atoms with E-state index >= 15 is 0 Å². The van der Waals surface area contributed by atoms with Crippen LogP contribution in [-0.4, -0.2) is 96.4 Å². The summed E-state index contributed by atoms with van der Waals surface area (Å²) in [6, 6.07) is 21.1. The van der Waals surface area contributed by atoms with Gasteiger partial charge < -0.3 is 33.7 Å². The van der Waals surface area contributed by atoms with Gasteiger partial charge in [-0.25, -0.2) is 8.42 Å². The molecule has 2 heterocycles. The Morgan fingerprint density at radius 1 is 0.941 bits per heavy atom. The van der Waals surface area contributed by atoms with Crippen LogP contribution in [0.15, 0.2) is 71.6 Å². The molecular formula is C40H56N2O8S. The molecule has 280 valence electrons. The maximum absolute atomic E-state index is 14.2. The number of piperidine rings is 1. The van der Waals surface area contributed by atoms with E-state index in [0.717, 1.165) is 53.2 Å². The summed E-state index contributed by atoms with van der Waals surface area (Å²) in [5, 5.41) is 10.6. The number of fused-ring (bicyclic) bond motifs is 1. The van der Waals surface area contributed by atoms with Crippen molar-refractivity contribution in [3.05, 3.63) is 89.0 Å². The maximum Gasteiger partial charge on any atom is 0.243 e. The van der Waals surface area contributed by atoms with Crippen molar-refractivity contribution in [2.75, 3.05) is 65.2 Å². The minimum atomic E-state index is -3.87. The molecule has 1 fully saturated rings. The standard InChI is InChI=1S/C40H56N2O8S/c1-29-7-14-36(15-8-29)51(44,45)42-24-40(50-28-33-11-16-39-38(22-33)41(18-20-49-39)17-6-19-46-4)37(23-35(42)21-31(3)43)34-12-9-32(10-13-34)27-48-26-30(2)25-47-5/h7-16,22,30-31,35,37,40,43H,6,17-21,23-28H2,1-5H3/t30-,31?,35+,37+,40-/m0/s1. The van der Waals surface area contributed by atoms with E-state index in [1.807, 2.05) is 31.2 Å². The lowest BCUT2D eigenvalue weighted by Gasteiger charge is -2.44. The van der Waals surface area contributed by atoms with Crippen molar-refractivity contribution in [1.82, 2.24) is 4.31 Å². The first-order valence-electron chi connectivity index (χ1n) is 18.1. The molecule has 11 heteroatoms. The van der Waals surface area contributed by atoms with E-state index in [2.05, 4.69) is 42.2 Å². The summed E-state index contributed by atoms with van der Waals surface area (Å²) in [5.41, 5.74) is 5.15. The monoisotopic (exact) mass is 724 g/mol. The molecule has 2 aliphatic heterocycles. The van der Waals surface area contributed by atoms with E-state index in [9.17, 15) is 13.5 Å². The third-order valence-electron chi connectivity index (χ3n) is 9.74. The largest absolute Gasteiger partial charge is 0.490 e. The van der Waals surface area contributed by atoms with Crippen LogP contribution in [0.5, 0.6) is 5.75 Å². The highest BCUT2D eigenvalue weighted by atomic mass is 32.2. The molecule has 5 atom stereocenters. The van der Waals surface area contributed by atoms with Crippen LogP contribution < -0.4 is 9.64 Å². The molecule has 0 radical (unpaired) electrons. The summed E-state index contributed by atoms with van der Waals surface area (Å²) >= 11 is 0. The van der Waals surface area contributed by atoms with Crippen LogP contribution in [0.4, 0.5) is 5.69 Å². The van der Waals surface area contributed by atoms with E-state index in [1.165, 1.54) is 0 Å². The number of aryl methyl sites for hydroxylation is 1. The average molecular weight is 725 g/mol. The number of methoxy groups -OCH3 is 2. The highest BCUT2D eigenvalue weighted by molar-refractivity contribution is 7.89. The Morgan fingerprint density at radius 3 is 2.39 bits per heavy atom. The van der Waals surface area contributed by atoms with Gasteiger partial charge >= 0.3 is 0 Å². The molecule has 1 unspecified atom stereocenters. The van der Waals surface area contributed by atoms with Crippen molar-refractivity contribution in [3.63, 3.8) is 0 Å². The average Bonchev–Trinajstić information content (AvgIpc) is 3.11. The van der Waals surface area contributed by atoms with Crippen LogP contribution in [0.2, 0.25) is 0 Å². The van der Waals surface area contributed by atoms with Crippen LogP contribution in [0.25, 0.3) is 0 Å². The molecule has 1 N–H and O–H groups in total. The van der Waals surface area contributed by atoms with Gasteiger partial charge in [-0.3, -0.25) is 0 Å². The predicted octanol–water partition coefficient (Wildman–Crippen LogP) is 5.93. The molecule has 0 amide bonds. The Balaban J connectivity index is 1.40. The topological polar surface area (TPSA) is 107 Å². The minimum Gasteiger partial charge on any atom is -0.490 e. The van der Waals surface area contributed by atoms with Crippen molar-refractivity contribution < 1.29 is 37.2 Å². The summed E-state index contributed by atoms with van der Waals surface area (Å²) in [4.78, 5) is 2.57. The van der Waals surface area contributed by atoms with E-state index in [4.69, 9.17) is 23.7 Å². The summed E-state index contributed by atoms with van der Waals surface area (Å²) < 4.78 is 59.2. The van der Waals surface area contributed by atoms with Crippen molar-refractivity contribution >= 4 is 15.7 Å². The summed E-state index contributed by atoms with van der Waals surface area (Å²) in [6.07, 6.45) is 0.642. The Kier molecular flexibility index (Phi) is 14.3. The second-order valence-corrected chi connectivity index (χ2v) is 16.0. The van der Waals surface area contributed by atoms with Gasteiger partial charge in [0.2, 0.25) is 10.0 Å². The lowest BCUT2D eigenvalue weighted by atomic mass is 9.82. The number of sulfonamides is 1. The highest BCUT2D eigenvalue weighted by Crippen LogP contribution is 2.39. The van der Waals surface area contributed by atoms with Gasteiger partial charge in [-0.05, 0) is 74.1 Å². The van der Waals surface area contributed by atoms with E-state index in [-0.39, 0.29) is 17.4 Å². The Bertz CT molecular complexity index is 1620. The highest BCUT2D eigenvalue weighted by Gasteiger charge is 2.43. The Hall–Kier alpha value is -3.03. The Morgan fingerprint density at radius 2 is 1.69 bits per heavy atom. The lowest BCUT2D eigenvalue weighted by Crippen LogP contribution is -2.53. The zero-order chi connectivity index (χ0) is 36.4. The zero-order valence-electron chi connectivity index (χ0n) is 30.8. The van der Waals surface area contributed by atoms with Gasteiger partial charge in [-0.2, -0.15) is 4.31 Å². The molecule has 5 rings (SSSR count). The number of hydrogen-bond acceptors (Lipinski definition) is 9. The molecule has 2 aliphatic rings. The molecule has 0 bridgehead atoms. The first-order valence-corrected chi connectivity index (χ1v) is 19.6. The van der Waals surface area contributed by atoms with Gasteiger partial charge in [0, 0.05) is 51.8 Å². The molecule has 0 aliphatic carbocycles. The molecule has 0 saturated carbocycles. The fraction of sp³-hybridized carbons (Fsp3) is 0.550. The molecule has 10 nitrogen and oxygen atoms in total. The molecule has 0 aromatic heterocycles. The summed E-state index contributed by atoms with van der Waals surface area (Å²) in [6.45, 7) is 11.0. The van der Waals surface area contributed by atoms with Crippen molar-refractivity contribution in [1.29, 1.82) is 0 Å². The number of rotatable bonds is 18. The van der Waals surface area contributed by atoms with Gasteiger partial charge in [0.1, 0.15) is 12.4 Å². The fourth-order valence-corrected chi connectivity index (χ4v) is 8.76. The van der Waals surface area contributed by atoms with Crippen LogP contribution in [-0.2, 0) is 42.2 Å². The van der Waals surface area contributed by atoms with E-state index in [0.29, 0.717) is 58.4 Å². The second kappa shape index (κ2) is 18.6. The van der Waals surface area contributed by atoms with Crippen LogP contribution in [0, 0.1) is 12.8 Å². The number of hydrogen-bond donors (Lipinski definition) is 1. The molecule has 1 saturated heterocycles. The normalized spacial score (nSPS) is 20.8. The third-order valence-corrected chi connectivity index (χ3v) is 11.7. The van der Waals surface area contributed by atoms with Gasteiger partial charge in [-0.15, -0.1) is 0 Å². The molecule has 51 heavy (non-hydrogen) atoms. The van der Waals surface area contributed by atoms with E-state index in [1.54, 1.807) is 37.6 Å². The molecule has 0 spiro atoms. The fourth-order valence-electron chi connectivity index (χ4n) is 7.10. The second-order valence-electron chi connectivity index (χ2n) is 14.1. The summed E-state index contributed by atoms with van der Waals surface area (Å²) in [5.74, 6) is 1.06. The smallest absolute Gasteiger partial charge is 0.243 e. The number of nitrogens with zero attached hydrogens (tertiary/aromatic N) is 2. The predicted molar refractivity (Wildman–Crippen MR) is 199 cm³/mol. The van der Waals surface area contributed by atoms with Crippen molar-refractivity contribution in [3.8, 4) is 5.75 Å². The quantitative estimate of drug-likeness (QED) is 0.160. The third kappa shape index (κ3) is 10.5. The molecular weight excluding hydrogens is 669 g/mol. The minimum absolute atomic E-state index is 0.0959.